The first kappa shape index (κ1) is 13.8. The number of halogens is 1. The Morgan fingerprint density at radius 3 is 2.44 bits per heavy atom. The first-order valence-electron chi connectivity index (χ1n) is 6.24. The van der Waals surface area contributed by atoms with Crippen molar-refractivity contribution in [3.05, 3.63) is 0 Å². The second-order valence-corrected chi connectivity index (χ2v) is 5.22. The molecule has 94 valence electrons. The summed E-state index contributed by atoms with van der Waals surface area (Å²) in [4.78, 5) is 11.5. The lowest BCUT2D eigenvalue weighted by Crippen LogP contribution is -2.39. The van der Waals surface area contributed by atoms with Crippen molar-refractivity contribution in [2.75, 3.05) is 13.1 Å². The summed E-state index contributed by atoms with van der Waals surface area (Å²) >= 11 is 0. The van der Waals surface area contributed by atoms with Gasteiger partial charge in [0.15, 0.2) is 0 Å². The molecule has 2 rings (SSSR count). The fraction of sp³-hybridized carbons (Fsp3) is 0.917. The predicted octanol–water partition coefficient (Wildman–Crippen LogP) is 1.71. The van der Waals surface area contributed by atoms with E-state index < -0.39 is 0 Å². The number of nitrogens with one attached hydrogen (secondary N) is 2. The van der Waals surface area contributed by atoms with Crippen LogP contribution in [0.1, 0.15) is 39.0 Å². The maximum Gasteiger partial charge on any atom is 0.234 e. The van der Waals surface area contributed by atoms with Gasteiger partial charge in [0.25, 0.3) is 0 Å². The summed E-state index contributed by atoms with van der Waals surface area (Å²) in [5.41, 5.74) is 0. The van der Waals surface area contributed by atoms with Crippen molar-refractivity contribution in [1.82, 2.24) is 10.6 Å². The monoisotopic (exact) mass is 246 g/mol. The first-order valence-corrected chi connectivity index (χ1v) is 6.24. The molecule has 0 aromatic carbocycles. The maximum atomic E-state index is 11.5. The predicted molar refractivity (Wildman–Crippen MR) is 67.8 cm³/mol. The quantitative estimate of drug-likeness (QED) is 0.718. The average Bonchev–Trinajstić information content (AvgIpc) is 2.96. The molecule has 0 radical (unpaired) electrons. The van der Waals surface area contributed by atoms with Crippen LogP contribution in [0.15, 0.2) is 0 Å². The number of carbonyl (C=O) groups excluding carboxylic acids is 1. The van der Waals surface area contributed by atoms with E-state index >= 15 is 0 Å². The van der Waals surface area contributed by atoms with Gasteiger partial charge in [0.05, 0.1) is 6.54 Å². The van der Waals surface area contributed by atoms with Crippen LogP contribution in [0.3, 0.4) is 0 Å². The molecule has 2 saturated carbocycles. The molecule has 0 aromatic rings. The van der Waals surface area contributed by atoms with Crippen molar-refractivity contribution in [2.24, 2.45) is 11.8 Å². The summed E-state index contributed by atoms with van der Waals surface area (Å²) in [7, 11) is 0. The van der Waals surface area contributed by atoms with Crippen molar-refractivity contribution >= 4 is 18.3 Å². The minimum atomic E-state index is 0. The molecule has 0 spiro atoms. The van der Waals surface area contributed by atoms with Crippen LogP contribution in [-0.4, -0.2) is 25.0 Å². The van der Waals surface area contributed by atoms with Gasteiger partial charge in [-0.15, -0.1) is 12.4 Å². The highest BCUT2D eigenvalue weighted by molar-refractivity contribution is 5.85. The van der Waals surface area contributed by atoms with Gasteiger partial charge in [-0.25, -0.2) is 0 Å². The molecule has 0 aliphatic heterocycles. The summed E-state index contributed by atoms with van der Waals surface area (Å²) in [6.07, 6.45) is 6.56. The van der Waals surface area contributed by atoms with Crippen LogP contribution in [0.25, 0.3) is 0 Å². The molecule has 1 amide bonds. The Bertz CT molecular complexity index is 227. The standard InChI is InChI=1S/C12H22N2O.ClH/c1-9(6-10-2-3-10)14-12(15)8-13-7-11-4-5-11;/h9-11,13H,2-8H2,1H3,(H,14,15);1H. The van der Waals surface area contributed by atoms with E-state index in [1.807, 2.05) is 0 Å². The number of carbonyl (C=O) groups is 1. The zero-order chi connectivity index (χ0) is 10.7. The van der Waals surface area contributed by atoms with Gasteiger partial charge in [-0.05, 0) is 44.6 Å². The van der Waals surface area contributed by atoms with Gasteiger partial charge in [0, 0.05) is 6.04 Å². The summed E-state index contributed by atoms with van der Waals surface area (Å²) in [6.45, 7) is 3.62. The van der Waals surface area contributed by atoms with Gasteiger partial charge in [0.1, 0.15) is 0 Å². The lowest BCUT2D eigenvalue weighted by atomic mass is 10.1. The molecule has 2 N–H and O–H groups in total. The molecule has 0 saturated heterocycles. The zero-order valence-corrected chi connectivity index (χ0v) is 10.8. The van der Waals surface area contributed by atoms with E-state index in [1.54, 1.807) is 0 Å². The van der Waals surface area contributed by atoms with Crippen molar-refractivity contribution in [3.8, 4) is 0 Å². The number of rotatable bonds is 7. The van der Waals surface area contributed by atoms with E-state index in [0.717, 1.165) is 24.8 Å². The zero-order valence-electron chi connectivity index (χ0n) is 10.00. The van der Waals surface area contributed by atoms with Crippen molar-refractivity contribution in [3.63, 3.8) is 0 Å². The molecule has 0 bridgehead atoms. The summed E-state index contributed by atoms with van der Waals surface area (Å²) in [5.74, 6) is 1.89. The van der Waals surface area contributed by atoms with Gasteiger partial charge < -0.3 is 10.6 Å². The minimum Gasteiger partial charge on any atom is -0.353 e. The number of amides is 1. The summed E-state index contributed by atoms with van der Waals surface area (Å²) in [6, 6.07) is 0.354. The van der Waals surface area contributed by atoms with E-state index in [9.17, 15) is 4.79 Å². The highest BCUT2D eigenvalue weighted by Gasteiger charge is 2.24. The van der Waals surface area contributed by atoms with Crippen molar-refractivity contribution in [2.45, 2.75) is 45.1 Å². The van der Waals surface area contributed by atoms with Crippen LogP contribution in [-0.2, 0) is 4.79 Å². The van der Waals surface area contributed by atoms with Gasteiger partial charge in [-0.2, -0.15) is 0 Å². The SMILES string of the molecule is CC(CC1CC1)NC(=O)CNCC1CC1.Cl. The second-order valence-electron chi connectivity index (χ2n) is 5.22. The fourth-order valence-corrected chi connectivity index (χ4v) is 1.95. The van der Waals surface area contributed by atoms with Crippen LogP contribution in [0.4, 0.5) is 0 Å². The maximum absolute atomic E-state index is 11.5. The van der Waals surface area contributed by atoms with E-state index in [0.29, 0.717) is 12.6 Å². The van der Waals surface area contributed by atoms with Crippen LogP contribution >= 0.6 is 12.4 Å². The van der Waals surface area contributed by atoms with Crippen molar-refractivity contribution < 1.29 is 4.79 Å². The Morgan fingerprint density at radius 1 is 1.25 bits per heavy atom. The Labute approximate surface area is 104 Å². The lowest BCUT2D eigenvalue weighted by molar-refractivity contribution is -0.120. The van der Waals surface area contributed by atoms with E-state index in [4.69, 9.17) is 0 Å². The normalized spacial score (nSPS) is 21.1. The Morgan fingerprint density at radius 2 is 1.88 bits per heavy atom. The molecule has 4 heteroatoms. The summed E-state index contributed by atoms with van der Waals surface area (Å²) in [5, 5.41) is 6.25. The topological polar surface area (TPSA) is 41.1 Å². The van der Waals surface area contributed by atoms with E-state index in [2.05, 4.69) is 17.6 Å². The molecule has 3 nitrogen and oxygen atoms in total. The molecule has 0 heterocycles. The molecule has 2 aliphatic rings. The minimum absolute atomic E-state index is 0. The average molecular weight is 247 g/mol. The third-order valence-electron chi connectivity index (χ3n) is 3.21. The molecule has 2 fully saturated rings. The molecule has 0 aromatic heterocycles. The Kier molecular flexibility index (Phi) is 5.56. The highest BCUT2D eigenvalue weighted by Crippen LogP contribution is 2.33. The molecule has 1 atom stereocenters. The van der Waals surface area contributed by atoms with E-state index in [1.165, 1.54) is 25.7 Å². The highest BCUT2D eigenvalue weighted by atomic mass is 35.5. The van der Waals surface area contributed by atoms with Gasteiger partial charge in [0.2, 0.25) is 5.91 Å². The fourth-order valence-electron chi connectivity index (χ4n) is 1.95. The van der Waals surface area contributed by atoms with Crippen molar-refractivity contribution in [1.29, 1.82) is 0 Å². The van der Waals surface area contributed by atoms with Crippen LogP contribution < -0.4 is 10.6 Å². The molecular weight excluding hydrogens is 224 g/mol. The number of hydrogen-bond acceptors (Lipinski definition) is 2. The lowest BCUT2D eigenvalue weighted by Gasteiger charge is -2.13. The van der Waals surface area contributed by atoms with Gasteiger partial charge in [-0.3, -0.25) is 4.79 Å². The second kappa shape index (κ2) is 6.45. The van der Waals surface area contributed by atoms with Crippen LogP contribution in [0.5, 0.6) is 0 Å². The molecule has 2 aliphatic carbocycles. The molecule has 1 unspecified atom stereocenters. The summed E-state index contributed by atoms with van der Waals surface area (Å²) < 4.78 is 0. The Balaban J connectivity index is 0.00000128. The van der Waals surface area contributed by atoms with Crippen LogP contribution in [0, 0.1) is 11.8 Å². The third kappa shape index (κ3) is 5.71. The van der Waals surface area contributed by atoms with Gasteiger partial charge in [-0.1, -0.05) is 12.8 Å². The largest absolute Gasteiger partial charge is 0.353 e. The third-order valence-corrected chi connectivity index (χ3v) is 3.21. The molecular formula is C12H23ClN2O. The number of hydrogen-bond donors (Lipinski definition) is 2. The van der Waals surface area contributed by atoms with Crippen LogP contribution in [0.2, 0.25) is 0 Å². The van der Waals surface area contributed by atoms with E-state index in [-0.39, 0.29) is 18.3 Å². The Hall–Kier alpha value is -0.280. The smallest absolute Gasteiger partial charge is 0.234 e. The first-order chi connectivity index (χ1) is 7.24. The van der Waals surface area contributed by atoms with Gasteiger partial charge >= 0.3 is 0 Å². The molecule has 16 heavy (non-hydrogen) atoms.